The number of fused-ring (bicyclic) bond motifs is 1. The van der Waals surface area contributed by atoms with E-state index in [9.17, 15) is 4.79 Å². The summed E-state index contributed by atoms with van der Waals surface area (Å²) in [6.07, 6.45) is 4.34. The number of thiazole rings is 1. The van der Waals surface area contributed by atoms with E-state index in [1.54, 1.807) is 6.20 Å². The molecule has 0 aliphatic heterocycles. The first-order valence-corrected chi connectivity index (χ1v) is 9.96. The van der Waals surface area contributed by atoms with Crippen molar-refractivity contribution in [3.05, 3.63) is 42.2 Å². The Morgan fingerprint density at radius 1 is 1.30 bits per heavy atom. The lowest BCUT2D eigenvalue weighted by Crippen LogP contribution is -2.31. The fourth-order valence-electron chi connectivity index (χ4n) is 2.91. The van der Waals surface area contributed by atoms with Gasteiger partial charge in [0.1, 0.15) is 0 Å². The molecule has 2 amide bonds. The molecule has 2 aromatic heterocycles. The van der Waals surface area contributed by atoms with Crippen LogP contribution in [-0.2, 0) is 4.74 Å². The summed E-state index contributed by atoms with van der Waals surface area (Å²) in [6, 6.07) is 9.76. The number of nitrogens with one attached hydrogen (secondary N) is 2. The first-order chi connectivity index (χ1) is 13.2. The fraction of sp³-hybridized carbons (Fsp3) is 0.350. The molecule has 1 saturated carbocycles. The van der Waals surface area contributed by atoms with Gasteiger partial charge in [0, 0.05) is 30.3 Å². The summed E-state index contributed by atoms with van der Waals surface area (Å²) in [6.45, 7) is 3.79. The average Bonchev–Trinajstić information content (AvgIpc) is 3.43. The Labute approximate surface area is 162 Å². The lowest BCUT2D eigenvalue weighted by atomic mass is 10.1. The van der Waals surface area contributed by atoms with E-state index in [-0.39, 0.29) is 6.03 Å². The van der Waals surface area contributed by atoms with Crippen LogP contribution in [0.25, 0.3) is 21.3 Å². The number of amides is 2. The number of aryl methyl sites for hydroxylation is 1. The number of hydrogen-bond donors (Lipinski definition) is 2. The maximum absolute atomic E-state index is 12.1. The number of carbonyl (C=O) groups is 1. The molecular weight excluding hydrogens is 360 g/mol. The Morgan fingerprint density at radius 2 is 2.15 bits per heavy atom. The third kappa shape index (κ3) is 4.43. The SMILES string of the molecule is Cc1nc(NC(=O)NCCOCC2CC2)sc1-c1ccnc2ccccc12. The van der Waals surface area contributed by atoms with Crippen molar-refractivity contribution in [1.82, 2.24) is 15.3 Å². The van der Waals surface area contributed by atoms with Gasteiger partial charge in [-0.15, -0.1) is 0 Å². The van der Waals surface area contributed by atoms with E-state index in [1.165, 1.54) is 24.2 Å². The predicted octanol–water partition coefficient (Wildman–Crippen LogP) is 4.21. The summed E-state index contributed by atoms with van der Waals surface area (Å²) >= 11 is 1.47. The number of anilines is 1. The smallest absolute Gasteiger partial charge is 0.321 e. The van der Waals surface area contributed by atoms with E-state index in [1.807, 2.05) is 31.2 Å². The number of benzene rings is 1. The molecule has 140 valence electrons. The quantitative estimate of drug-likeness (QED) is 0.600. The number of pyridine rings is 1. The fourth-order valence-corrected chi connectivity index (χ4v) is 3.91. The Bertz CT molecular complexity index is 947. The summed E-state index contributed by atoms with van der Waals surface area (Å²) in [5.41, 5.74) is 2.92. The van der Waals surface area contributed by atoms with E-state index in [0.29, 0.717) is 18.3 Å². The minimum Gasteiger partial charge on any atom is -0.379 e. The highest BCUT2D eigenvalue weighted by atomic mass is 32.1. The van der Waals surface area contributed by atoms with Gasteiger partial charge in [0.05, 0.1) is 22.7 Å². The van der Waals surface area contributed by atoms with E-state index in [2.05, 4.69) is 26.7 Å². The van der Waals surface area contributed by atoms with Gasteiger partial charge in [-0.3, -0.25) is 10.3 Å². The highest BCUT2D eigenvalue weighted by Gasteiger charge is 2.21. The molecule has 0 bridgehead atoms. The number of carbonyl (C=O) groups excluding carboxylic acids is 1. The molecule has 7 heteroatoms. The first-order valence-electron chi connectivity index (χ1n) is 9.15. The number of ether oxygens (including phenoxy) is 1. The molecule has 2 heterocycles. The Balaban J connectivity index is 1.39. The number of hydrogen-bond acceptors (Lipinski definition) is 5. The molecule has 1 aliphatic carbocycles. The van der Waals surface area contributed by atoms with E-state index >= 15 is 0 Å². The summed E-state index contributed by atoms with van der Waals surface area (Å²) in [4.78, 5) is 22.0. The standard InChI is InChI=1S/C20H22N4O2S/c1-13-18(16-8-9-21-17-5-3-2-4-15(16)17)27-20(23-13)24-19(25)22-10-11-26-12-14-6-7-14/h2-5,8-9,14H,6-7,10-12H2,1H3,(H2,22,23,24,25). The van der Waals surface area contributed by atoms with Crippen molar-refractivity contribution in [3.63, 3.8) is 0 Å². The Morgan fingerprint density at radius 3 is 3.00 bits per heavy atom. The van der Waals surface area contributed by atoms with Gasteiger partial charge in [0.25, 0.3) is 0 Å². The molecule has 1 fully saturated rings. The molecule has 0 radical (unpaired) electrons. The number of nitrogens with zero attached hydrogens (tertiary/aromatic N) is 2. The van der Waals surface area contributed by atoms with Gasteiger partial charge in [0.15, 0.2) is 5.13 Å². The summed E-state index contributed by atoms with van der Waals surface area (Å²) < 4.78 is 5.52. The zero-order valence-corrected chi connectivity index (χ0v) is 16.0. The van der Waals surface area contributed by atoms with Crippen molar-refractivity contribution >= 4 is 33.4 Å². The molecule has 0 unspecified atom stereocenters. The van der Waals surface area contributed by atoms with Crippen molar-refractivity contribution in [2.75, 3.05) is 25.1 Å². The molecule has 1 aromatic carbocycles. The minimum atomic E-state index is -0.259. The van der Waals surface area contributed by atoms with Crippen molar-refractivity contribution in [3.8, 4) is 10.4 Å². The summed E-state index contributed by atoms with van der Waals surface area (Å²) in [7, 11) is 0. The molecular formula is C20H22N4O2S. The topological polar surface area (TPSA) is 76.1 Å². The van der Waals surface area contributed by atoms with Crippen LogP contribution in [0.3, 0.4) is 0 Å². The zero-order chi connectivity index (χ0) is 18.6. The van der Waals surface area contributed by atoms with Gasteiger partial charge >= 0.3 is 6.03 Å². The van der Waals surface area contributed by atoms with Crippen LogP contribution in [0, 0.1) is 12.8 Å². The molecule has 6 nitrogen and oxygen atoms in total. The maximum atomic E-state index is 12.1. The van der Waals surface area contributed by atoms with Crippen LogP contribution < -0.4 is 10.6 Å². The van der Waals surface area contributed by atoms with Crippen molar-refractivity contribution in [2.45, 2.75) is 19.8 Å². The van der Waals surface area contributed by atoms with E-state index in [4.69, 9.17) is 4.74 Å². The van der Waals surface area contributed by atoms with Crippen LogP contribution in [0.4, 0.5) is 9.93 Å². The van der Waals surface area contributed by atoms with Crippen molar-refractivity contribution in [2.24, 2.45) is 5.92 Å². The third-order valence-corrected chi connectivity index (χ3v) is 5.60. The third-order valence-electron chi connectivity index (χ3n) is 4.49. The number of para-hydroxylation sites is 1. The average molecular weight is 382 g/mol. The van der Waals surface area contributed by atoms with Gasteiger partial charge in [-0.05, 0) is 37.8 Å². The van der Waals surface area contributed by atoms with Crippen LogP contribution in [0.1, 0.15) is 18.5 Å². The largest absolute Gasteiger partial charge is 0.379 e. The second kappa shape index (κ2) is 8.02. The Hall–Kier alpha value is -2.51. The van der Waals surface area contributed by atoms with Gasteiger partial charge in [-0.2, -0.15) is 0 Å². The van der Waals surface area contributed by atoms with Crippen LogP contribution >= 0.6 is 11.3 Å². The summed E-state index contributed by atoms with van der Waals surface area (Å²) in [5, 5.41) is 7.29. The highest BCUT2D eigenvalue weighted by Crippen LogP contribution is 2.36. The molecule has 0 atom stereocenters. The first kappa shape index (κ1) is 17.9. The summed E-state index contributed by atoms with van der Waals surface area (Å²) in [5.74, 6) is 0.736. The lowest BCUT2D eigenvalue weighted by Gasteiger charge is -2.06. The van der Waals surface area contributed by atoms with E-state index in [0.717, 1.165) is 39.6 Å². The highest BCUT2D eigenvalue weighted by molar-refractivity contribution is 7.19. The number of aromatic nitrogens is 2. The minimum absolute atomic E-state index is 0.259. The van der Waals surface area contributed by atoms with Gasteiger partial charge in [-0.1, -0.05) is 29.5 Å². The second-order valence-electron chi connectivity index (χ2n) is 6.71. The van der Waals surface area contributed by atoms with Crippen molar-refractivity contribution < 1.29 is 9.53 Å². The monoisotopic (exact) mass is 382 g/mol. The van der Waals surface area contributed by atoms with E-state index < -0.39 is 0 Å². The molecule has 27 heavy (non-hydrogen) atoms. The van der Waals surface area contributed by atoms with Crippen LogP contribution in [-0.4, -0.2) is 35.8 Å². The molecule has 1 aliphatic rings. The zero-order valence-electron chi connectivity index (χ0n) is 15.2. The Kier molecular flexibility index (Phi) is 5.31. The maximum Gasteiger partial charge on any atom is 0.321 e. The lowest BCUT2D eigenvalue weighted by molar-refractivity contribution is 0.127. The van der Waals surface area contributed by atoms with Crippen LogP contribution in [0.2, 0.25) is 0 Å². The second-order valence-corrected chi connectivity index (χ2v) is 7.71. The molecule has 0 spiro atoms. The van der Waals surface area contributed by atoms with Gasteiger partial charge in [-0.25, -0.2) is 9.78 Å². The predicted molar refractivity (Wildman–Crippen MR) is 108 cm³/mol. The van der Waals surface area contributed by atoms with Crippen LogP contribution in [0.5, 0.6) is 0 Å². The number of rotatable bonds is 7. The molecule has 4 rings (SSSR count). The van der Waals surface area contributed by atoms with Gasteiger partial charge in [0.2, 0.25) is 0 Å². The van der Waals surface area contributed by atoms with Crippen molar-refractivity contribution in [1.29, 1.82) is 0 Å². The van der Waals surface area contributed by atoms with Crippen LogP contribution in [0.15, 0.2) is 36.5 Å². The molecule has 3 aromatic rings. The number of urea groups is 1. The molecule has 0 saturated heterocycles. The van der Waals surface area contributed by atoms with Gasteiger partial charge < -0.3 is 10.1 Å². The molecule has 2 N–H and O–H groups in total. The normalized spacial score (nSPS) is 13.7.